The Kier molecular flexibility index (Phi) is 6.60. The number of hydrogen-bond donors (Lipinski definition) is 1. The maximum Gasteiger partial charge on any atom is 0.391 e. The van der Waals surface area contributed by atoms with Gasteiger partial charge in [-0.25, -0.2) is 4.98 Å². The number of fused-ring (bicyclic) bond motifs is 1. The summed E-state index contributed by atoms with van der Waals surface area (Å²) < 4.78 is 37.7. The van der Waals surface area contributed by atoms with Crippen molar-refractivity contribution in [3.05, 3.63) is 12.2 Å². The Morgan fingerprint density at radius 3 is 2.34 bits per heavy atom. The molecule has 29 heavy (non-hydrogen) atoms. The lowest BCUT2D eigenvalue weighted by Crippen LogP contribution is -2.31. The van der Waals surface area contributed by atoms with Crippen LogP contribution < -0.4 is 5.32 Å². The minimum absolute atomic E-state index is 0.162. The van der Waals surface area contributed by atoms with E-state index in [9.17, 15) is 13.2 Å². The second kappa shape index (κ2) is 8.97. The Morgan fingerprint density at radius 1 is 1.14 bits per heavy atom. The Hall–Kier alpha value is -2.37. The molecule has 0 amide bonds. The van der Waals surface area contributed by atoms with Crippen molar-refractivity contribution in [3.63, 3.8) is 0 Å². The van der Waals surface area contributed by atoms with Crippen molar-refractivity contribution in [2.24, 2.45) is 18.9 Å². The fourth-order valence-corrected chi connectivity index (χ4v) is 3.91. The number of hydrogen-bond acceptors (Lipinski definition) is 5. The minimum atomic E-state index is -3.93. The molecule has 2 saturated carbocycles. The second-order valence-electron chi connectivity index (χ2n) is 8.04. The van der Waals surface area contributed by atoms with E-state index in [1.54, 1.807) is 6.33 Å². The summed E-state index contributed by atoms with van der Waals surface area (Å²) in [6.45, 7) is 2.17. The standard InChI is InChI=1S/C13H16N6.C7H11F3/c1-8(9-4-3-5-9)16-13-11-12(15-7-19(11)2)17-10(6-14)18-13;8-7(9,10)6-4-2-1-3-5-6/h7-9H,3-5H2,1-2H3,(H,16,17,18);6H,1-5H2. The van der Waals surface area contributed by atoms with Gasteiger partial charge in [-0.1, -0.05) is 25.7 Å². The van der Waals surface area contributed by atoms with E-state index in [1.807, 2.05) is 17.7 Å². The van der Waals surface area contributed by atoms with Gasteiger partial charge >= 0.3 is 6.18 Å². The van der Waals surface area contributed by atoms with Gasteiger partial charge in [0.25, 0.3) is 0 Å². The van der Waals surface area contributed by atoms with Crippen LogP contribution in [0.3, 0.4) is 0 Å². The van der Waals surface area contributed by atoms with Gasteiger partial charge in [-0.05, 0) is 38.5 Å². The van der Waals surface area contributed by atoms with Crippen LogP contribution in [-0.2, 0) is 7.05 Å². The van der Waals surface area contributed by atoms with Crippen LogP contribution in [0.25, 0.3) is 11.2 Å². The number of imidazole rings is 1. The van der Waals surface area contributed by atoms with Crippen LogP contribution in [0, 0.1) is 23.2 Å². The zero-order valence-corrected chi connectivity index (χ0v) is 16.8. The molecule has 9 heteroatoms. The highest BCUT2D eigenvalue weighted by molar-refractivity contribution is 5.83. The summed E-state index contributed by atoms with van der Waals surface area (Å²) in [7, 11) is 1.91. The topological polar surface area (TPSA) is 79.4 Å². The molecule has 1 atom stereocenters. The van der Waals surface area contributed by atoms with Gasteiger partial charge in [-0.2, -0.15) is 28.4 Å². The SMILES string of the molecule is CC(Nc1nc(C#N)nc2ncn(C)c12)C1CCC1.FC(F)(F)C1CCCCC1. The first-order chi connectivity index (χ1) is 13.8. The van der Waals surface area contributed by atoms with Crippen LogP contribution in [0.4, 0.5) is 19.0 Å². The quantitative estimate of drug-likeness (QED) is 0.776. The summed E-state index contributed by atoms with van der Waals surface area (Å²) in [5.74, 6) is 0.570. The van der Waals surface area contributed by atoms with E-state index < -0.39 is 12.1 Å². The third kappa shape index (κ3) is 5.17. The third-order valence-corrected chi connectivity index (χ3v) is 5.96. The molecule has 0 radical (unpaired) electrons. The molecule has 158 valence electrons. The molecule has 0 saturated heterocycles. The number of anilines is 1. The lowest BCUT2D eigenvalue weighted by Gasteiger charge is -2.32. The van der Waals surface area contributed by atoms with Gasteiger partial charge < -0.3 is 9.88 Å². The number of rotatable bonds is 3. The third-order valence-electron chi connectivity index (χ3n) is 5.96. The number of nitrogens with zero attached hydrogens (tertiary/aromatic N) is 5. The highest BCUT2D eigenvalue weighted by Crippen LogP contribution is 2.37. The van der Waals surface area contributed by atoms with E-state index in [1.165, 1.54) is 19.3 Å². The number of alkyl halides is 3. The van der Waals surface area contributed by atoms with E-state index in [-0.39, 0.29) is 5.82 Å². The van der Waals surface area contributed by atoms with E-state index in [4.69, 9.17) is 5.26 Å². The lowest BCUT2D eigenvalue weighted by atomic mass is 9.80. The monoisotopic (exact) mass is 408 g/mol. The Morgan fingerprint density at radius 2 is 1.83 bits per heavy atom. The number of halogens is 3. The van der Waals surface area contributed by atoms with Crippen molar-refractivity contribution < 1.29 is 13.2 Å². The van der Waals surface area contributed by atoms with Crippen LogP contribution >= 0.6 is 0 Å². The summed E-state index contributed by atoms with van der Waals surface area (Å²) in [6, 6.07) is 2.34. The molecule has 4 rings (SSSR count). The summed E-state index contributed by atoms with van der Waals surface area (Å²) in [5.41, 5.74) is 1.42. The van der Waals surface area contributed by atoms with Gasteiger partial charge in [0.05, 0.1) is 12.2 Å². The number of nitriles is 1. The predicted molar refractivity (Wildman–Crippen MR) is 104 cm³/mol. The van der Waals surface area contributed by atoms with E-state index in [0.29, 0.717) is 36.3 Å². The molecule has 0 spiro atoms. The van der Waals surface area contributed by atoms with Crippen molar-refractivity contribution in [1.82, 2.24) is 19.5 Å². The number of nitrogens with one attached hydrogen (secondary N) is 1. The molecule has 0 aliphatic heterocycles. The highest BCUT2D eigenvalue weighted by atomic mass is 19.4. The zero-order valence-electron chi connectivity index (χ0n) is 16.8. The second-order valence-corrected chi connectivity index (χ2v) is 8.04. The molecular formula is C20H27F3N6. The van der Waals surface area contributed by atoms with Gasteiger partial charge in [-0.15, -0.1) is 0 Å². The van der Waals surface area contributed by atoms with Gasteiger partial charge in [0.1, 0.15) is 11.6 Å². The first-order valence-electron chi connectivity index (χ1n) is 10.2. The molecule has 0 bridgehead atoms. The fourth-order valence-electron chi connectivity index (χ4n) is 3.91. The maximum absolute atomic E-state index is 11.9. The van der Waals surface area contributed by atoms with Gasteiger partial charge in [-0.3, -0.25) is 0 Å². The Bertz CT molecular complexity index is 859. The average Bonchev–Trinajstić information content (AvgIpc) is 3.02. The smallest absolute Gasteiger partial charge is 0.365 e. The first kappa shape index (κ1) is 21.3. The van der Waals surface area contributed by atoms with Crippen LogP contribution in [0.5, 0.6) is 0 Å². The molecule has 2 aliphatic carbocycles. The Balaban J connectivity index is 0.000000204. The van der Waals surface area contributed by atoms with Gasteiger partial charge in [0.15, 0.2) is 11.5 Å². The summed E-state index contributed by atoms with van der Waals surface area (Å²) in [6.07, 6.45) is 4.79. The van der Waals surface area contributed by atoms with Crippen LogP contribution in [0.1, 0.15) is 64.1 Å². The van der Waals surface area contributed by atoms with Crippen LogP contribution in [-0.4, -0.2) is 31.7 Å². The lowest BCUT2D eigenvalue weighted by molar-refractivity contribution is -0.181. The van der Waals surface area contributed by atoms with Crippen LogP contribution in [0.15, 0.2) is 6.33 Å². The maximum atomic E-state index is 11.9. The summed E-state index contributed by atoms with van der Waals surface area (Å²) in [5, 5.41) is 12.4. The van der Waals surface area contributed by atoms with Crippen molar-refractivity contribution >= 4 is 17.0 Å². The summed E-state index contributed by atoms with van der Waals surface area (Å²) >= 11 is 0. The van der Waals surface area contributed by atoms with E-state index >= 15 is 0 Å². The molecule has 2 aromatic rings. The van der Waals surface area contributed by atoms with Crippen molar-refractivity contribution in [3.8, 4) is 6.07 Å². The summed E-state index contributed by atoms with van der Waals surface area (Å²) in [4.78, 5) is 12.6. The fraction of sp³-hybridized carbons (Fsp3) is 0.700. The first-order valence-corrected chi connectivity index (χ1v) is 10.2. The Labute approximate surface area is 168 Å². The normalized spacial score (nSPS) is 19.0. The predicted octanol–water partition coefficient (Wildman–Crippen LogP) is 4.96. The molecule has 1 unspecified atom stereocenters. The number of aryl methyl sites for hydroxylation is 1. The van der Waals surface area contributed by atoms with Gasteiger partial charge in [0.2, 0.25) is 5.82 Å². The van der Waals surface area contributed by atoms with Gasteiger partial charge in [0, 0.05) is 13.1 Å². The molecule has 2 fully saturated rings. The molecule has 2 heterocycles. The van der Waals surface area contributed by atoms with Crippen LogP contribution in [0.2, 0.25) is 0 Å². The number of aromatic nitrogens is 4. The zero-order chi connectivity index (χ0) is 21.0. The van der Waals surface area contributed by atoms with E-state index in [2.05, 4.69) is 27.2 Å². The molecule has 2 aromatic heterocycles. The average molecular weight is 408 g/mol. The molecule has 1 N–H and O–H groups in total. The van der Waals surface area contributed by atoms with Crippen molar-refractivity contribution in [2.75, 3.05) is 5.32 Å². The highest BCUT2D eigenvalue weighted by Gasteiger charge is 2.39. The van der Waals surface area contributed by atoms with Crippen molar-refractivity contribution in [1.29, 1.82) is 5.26 Å². The molecule has 0 aromatic carbocycles. The molecule has 2 aliphatic rings. The van der Waals surface area contributed by atoms with Crippen molar-refractivity contribution in [2.45, 2.75) is 70.5 Å². The largest absolute Gasteiger partial charge is 0.391 e. The molecule has 6 nitrogen and oxygen atoms in total. The van der Waals surface area contributed by atoms with E-state index in [0.717, 1.165) is 24.8 Å². The minimum Gasteiger partial charge on any atom is -0.365 e. The molecular weight excluding hydrogens is 381 g/mol.